The zero-order valence-electron chi connectivity index (χ0n) is 15.3. The molecular weight excluding hydrogens is 240 g/mol. The lowest BCUT2D eigenvalue weighted by Crippen LogP contribution is -3.04. The molecule has 0 aliphatic heterocycles. The van der Waals surface area contributed by atoms with Crippen molar-refractivity contribution in [3.8, 4) is 0 Å². The van der Waals surface area contributed by atoms with Gasteiger partial charge in [0.15, 0.2) is 0 Å². The van der Waals surface area contributed by atoms with E-state index in [1.165, 1.54) is 0 Å². The van der Waals surface area contributed by atoms with E-state index in [9.17, 15) is 0 Å². The quantitative estimate of drug-likeness (QED) is 0.537. The molecule has 0 heterocycles. The van der Waals surface area contributed by atoms with Crippen molar-refractivity contribution in [2.75, 3.05) is 0 Å². The van der Waals surface area contributed by atoms with Gasteiger partial charge in [0.25, 0.3) is 0 Å². The van der Waals surface area contributed by atoms with Gasteiger partial charge in [-0.15, -0.1) is 0 Å². The Kier molecular flexibility index (Phi) is 1.82. The average molecular weight is 274 g/mol. The van der Waals surface area contributed by atoms with Gasteiger partial charge in [-0.1, -0.05) is 69.2 Å². The average Bonchev–Trinajstić information content (AvgIpc) is 2.46. The summed E-state index contributed by atoms with van der Waals surface area (Å²) < 4.78 is 0. The van der Waals surface area contributed by atoms with Crippen LogP contribution in [0, 0.1) is 56.2 Å². The molecule has 0 radical (unpaired) electrons. The Balaban J connectivity index is 1.96. The van der Waals surface area contributed by atoms with E-state index < -0.39 is 0 Å². The monoisotopic (exact) mass is 274 g/mol. The van der Waals surface area contributed by atoms with Crippen LogP contribution in [0.15, 0.2) is 0 Å². The molecule has 8 unspecified atom stereocenters. The molecule has 0 aromatic carbocycles. The first-order valence-electron chi connectivity index (χ1n) is 8.88. The molecule has 114 valence electrons. The molecule has 0 amide bonds. The number of fused-ring (bicyclic) bond motifs is 7. The van der Waals surface area contributed by atoms with Crippen LogP contribution in [-0.2, 0) is 0 Å². The van der Waals surface area contributed by atoms with Crippen molar-refractivity contribution >= 4 is 0 Å². The van der Waals surface area contributed by atoms with E-state index in [0.29, 0.717) is 32.5 Å². The van der Waals surface area contributed by atoms with Crippen molar-refractivity contribution in [2.24, 2.45) is 56.2 Å². The molecule has 4 saturated carbocycles. The fourth-order valence-electron chi connectivity index (χ4n) is 10.6. The molecule has 0 aromatic heterocycles. The van der Waals surface area contributed by atoms with E-state index in [1.54, 1.807) is 0 Å². The van der Waals surface area contributed by atoms with Gasteiger partial charge in [0.05, 0.1) is 0 Å². The summed E-state index contributed by atoms with van der Waals surface area (Å²) >= 11 is 0. The Morgan fingerprint density at radius 2 is 0.550 bits per heavy atom. The Morgan fingerprint density at radius 3 is 0.700 bits per heavy atom. The lowest BCUT2D eigenvalue weighted by molar-refractivity contribution is -0.617. The molecule has 4 aliphatic carbocycles. The van der Waals surface area contributed by atoms with Crippen LogP contribution in [0.2, 0.25) is 0 Å². The molecule has 0 aromatic rings. The summed E-state index contributed by atoms with van der Waals surface area (Å²) in [5.74, 6) is 3.54. The van der Waals surface area contributed by atoms with Crippen LogP contribution in [0.3, 0.4) is 0 Å². The Bertz CT molecular complexity index is 444. The second kappa shape index (κ2) is 2.67. The smallest absolute Gasteiger partial charge is 0.0137 e. The van der Waals surface area contributed by atoms with E-state index in [4.69, 9.17) is 0 Å². The number of rotatable bonds is 0. The topological polar surface area (TPSA) is 0 Å². The van der Waals surface area contributed by atoms with Crippen molar-refractivity contribution in [1.29, 1.82) is 0 Å². The minimum Gasteiger partial charge on any atom is -0.0617 e. The zero-order chi connectivity index (χ0) is 15.3. The van der Waals surface area contributed by atoms with Crippen LogP contribution in [0.5, 0.6) is 0 Å². The molecule has 0 saturated heterocycles. The van der Waals surface area contributed by atoms with Crippen molar-refractivity contribution in [3.63, 3.8) is 0 Å². The minimum absolute atomic E-state index is 0.536. The molecule has 0 nitrogen and oxygen atoms in total. The summed E-state index contributed by atoms with van der Waals surface area (Å²) in [6.45, 7) is 26.0. The molecule has 20 heavy (non-hydrogen) atoms. The van der Waals surface area contributed by atoms with Crippen LogP contribution in [0.25, 0.3) is 0 Å². The molecule has 4 fully saturated rings. The fraction of sp³-hybridized carbons (Fsp3) is 1.00. The fourth-order valence-corrected chi connectivity index (χ4v) is 10.6. The van der Waals surface area contributed by atoms with Crippen molar-refractivity contribution in [2.45, 2.75) is 69.2 Å². The third-order valence-corrected chi connectivity index (χ3v) is 12.5. The molecule has 0 heteroatoms. The van der Waals surface area contributed by atoms with Crippen LogP contribution in [-0.4, -0.2) is 0 Å². The van der Waals surface area contributed by atoms with E-state index >= 15 is 0 Å². The van der Waals surface area contributed by atoms with Crippen LogP contribution in [0.1, 0.15) is 69.2 Å². The molecular formula is C20H34. The summed E-state index contributed by atoms with van der Waals surface area (Å²) in [7, 11) is 0. The SMILES string of the molecule is CC1C(C)C2(C)C1(C)C1(C)C3(C)C(C)C(C)C3(C)C21C. The Morgan fingerprint density at radius 1 is 0.400 bits per heavy atom. The van der Waals surface area contributed by atoms with Gasteiger partial charge in [0.2, 0.25) is 0 Å². The highest BCUT2D eigenvalue weighted by Gasteiger charge is 3.05. The van der Waals surface area contributed by atoms with Crippen LogP contribution in [0.4, 0.5) is 0 Å². The first-order chi connectivity index (χ1) is 8.88. The summed E-state index contributed by atoms with van der Waals surface area (Å²) in [6.07, 6.45) is 0. The third-order valence-electron chi connectivity index (χ3n) is 12.5. The van der Waals surface area contributed by atoms with Gasteiger partial charge in [-0.2, -0.15) is 0 Å². The zero-order valence-corrected chi connectivity index (χ0v) is 15.3. The van der Waals surface area contributed by atoms with Gasteiger partial charge in [-0.25, -0.2) is 0 Å². The standard InChI is InChI=1S/C20H34/c1-11-12(2)16(6)15(11,5)19(9)17(7)13(3)14(4)18(17,8)20(16,19)10/h11-14H,1-10H3. The summed E-state index contributed by atoms with van der Waals surface area (Å²) in [6, 6.07) is 0. The van der Waals surface area contributed by atoms with E-state index in [0.717, 1.165) is 23.7 Å². The summed E-state index contributed by atoms with van der Waals surface area (Å²) in [5, 5.41) is 0. The van der Waals surface area contributed by atoms with Gasteiger partial charge >= 0.3 is 0 Å². The number of hydrogen-bond acceptors (Lipinski definition) is 0. The van der Waals surface area contributed by atoms with E-state index in [-0.39, 0.29) is 0 Å². The first kappa shape index (κ1) is 13.6. The molecule has 0 N–H and O–H groups in total. The van der Waals surface area contributed by atoms with Crippen molar-refractivity contribution in [1.82, 2.24) is 0 Å². The van der Waals surface area contributed by atoms with Gasteiger partial charge in [0, 0.05) is 0 Å². The van der Waals surface area contributed by atoms with Crippen LogP contribution >= 0.6 is 0 Å². The second-order valence-corrected chi connectivity index (χ2v) is 10.2. The van der Waals surface area contributed by atoms with Gasteiger partial charge in [-0.3, -0.25) is 0 Å². The van der Waals surface area contributed by atoms with Gasteiger partial charge in [0.1, 0.15) is 0 Å². The Hall–Kier alpha value is 0. The van der Waals surface area contributed by atoms with Crippen molar-refractivity contribution in [3.05, 3.63) is 0 Å². The number of hydrogen-bond donors (Lipinski definition) is 0. The Labute approximate surface area is 126 Å². The third kappa shape index (κ3) is 0.576. The lowest BCUT2D eigenvalue weighted by Gasteiger charge is -3.08. The lowest BCUT2D eigenvalue weighted by atomic mass is 8.95. The van der Waals surface area contributed by atoms with Gasteiger partial charge < -0.3 is 0 Å². The maximum atomic E-state index is 2.67. The summed E-state index contributed by atoms with van der Waals surface area (Å²) in [4.78, 5) is 0. The first-order valence-corrected chi connectivity index (χ1v) is 8.88. The predicted octanol–water partition coefficient (Wildman–Crippen LogP) is 5.62. The minimum atomic E-state index is 0.536. The van der Waals surface area contributed by atoms with Crippen LogP contribution < -0.4 is 0 Å². The maximum absolute atomic E-state index is 2.67. The summed E-state index contributed by atoms with van der Waals surface area (Å²) in [5.41, 5.74) is 3.28. The highest BCUT2D eigenvalue weighted by Crippen LogP contribution is 3.08. The molecule has 8 atom stereocenters. The van der Waals surface area contributed by atoms with E-state index in [1.807, 2.05) is 0 Å². The van der Waals surface area contributed by atoms with Gasteiger partial charge in [-0.05, 0) is 56.2 Å². The maximum Gasteiger partial charge on any atom is -0.0137 e. The molecule has 4 aliphatic rings. The largest absolute Gasteiger partial charge is 0.0617 e. The normalized spacial score (nSPS) is 80.7. The highest BCUT2D eigenvalue weighted by atomic mass is 15.1. The highest BCUT2D eigenvalue weighted by molar-refractivity contribution is 5.51. The molecule has 0 spiro atoms. The molecule has 4 rings (SSSR count). The predicted molar refractivity (Wildman–Crippen MR) is 85.3 cm³/mol. The van der Waals surface area contributed by atoms with E-state index in [2.05, 4.69) is 69.2 Å². The van der Waals surface area contributed by atoms with Crippen molar-refractivity contribution < 1.29 is 0 Å². The second-order valence-electron chi connectivity index (χ2n) is 10.2. The molecule has 0 bridgehead atoms.